The Balaban J connectivity index is 1.64. The van der Waals surface area contributed by atoms with Crippen LogP contribution in [0.25, 0.3) is 0 Å². The monoisotopic (exact) mass is 363 g/mol. The van der Waals surface area contributed by atoms with E-state index in [2.05, 4.69) is 34.3 Å². The number of carbonyl (C=O) groups excluding carboxylic acids is 1. The average Bonchev–Trinajstić information content (AvgIpc) is 3.10. The molecule has 0 fully saturated rings. The molecule has 0 aliphatic carbocycles. The minimum absolute atomic E-state index is 0.0431. The lowest BCUT2D eigenvalue weighted by molar-refractivity contribution is 0.0747. The molecule has 6 nitrogen and oxygen atoms in total. The van der Waals surface area contributed by atoms with Gasteiger partial charge in [0.05, 0.1) is 12.1 Å². The molecule has 1 aromatic carbocycles. The maximum atomic E-state index is 12.8. The Labute approximate surface area is 159 Å². The normalized spacial score (nSPS) is 10.6. The molecule has 2 heterocycles. The minimum Gasteiger partial charge on any atom is -0.366 e. The Hall–Kier alpha value is -3.15. The number of imidazole rings is 1. The topological polar surface area (TPSA) is 63.1 Å². The lowest BCUT2D eigenvalue weighted by Crippen LogP contribution is -2.31. The number of hydrogen-bond acceptors (Lipinski definition) is 4. The molecule has 3 aromatic rings. The van der Waals surface area contributed by atoms with Crippen LogP contribution in [-0.2, 0) is 20.1 Å². The van der Waals surface area contributed by atoms with Crippen molar-refractivity contribution in [2.75, 3.05) is 11.9 Å². The highest BCUT2D eigenvalue weighted by Gasteiger charge is 2.16. The van der Waals surface area contributed by atoms with Crippen molar-refractivity contribution in [2.24, 2.45) is 7.05 Å². The van der Waals surface area contributed by atoms with Gasteiger partial charge >= 0.3 is 0 Å². The first-order valence-corrected chi connectivity index (χ1v) is 9.08. The van der Waals surface area contributed by atoms with E-state index < -0.39 is 0 Å². The van der Waals surface area contributed by atoms with Crippen LogP contribution in [0.2, 0.25) is 0 Å². The van der Waals surface area contributed by atoms with Crippen LogP contribution in [0.5, 0.6) is 0 Å². The highest BCUT2D eigenvalue weighted by molar-refractivity contribution is 5.94. The molecule has 0 radical (unpaired) electrons. The predicted molar refractivity (Wildman–Crippen MR) is 106 cm³/mol. The van der Waals surface area contributed by atoms with E-state index in [0.29, 0.717) is 25.2 Å². The fourth-order valence-corrected chi connectivity index (χ4v) is 2.85. The number of pyridine rings is 1. The minimum atomic E-state index is -0.0431. The molecule has 0 bridgehead atoms. The van der Waals surface area contributed by atoms with E-state index in [0.717, 1.165) is 11.6 Å². The van der Waals surface area contributed by atoms with E-state index in [4.69, 9.17) is 0 Å². The van der Waals surface area contributed by atoms with Crippen LogP contribution in [0, 0.1) is 6.92 Å². The molecule has 0 unspecified atom stereocenters. The fourth-order valence-electron chi connectivity index (χ4n) is 2.85. The van der Waals surface area contributed by atoms with Gasteiger partial charge < -0.3 is 14.8 Å². The van der Waals surface area contributed by atoms with Gasteiger partial charge in [-0.25, -0.2) is 9.97 Å². The third kappa shape index (κ3) is 4.53. The van der Waals surface area contributed by atoms with Gasteiger partial charge in [-0.1, -0.05) is 24.3 Å². The first-order valence-electron chi connectivity index (χ1n) is 9.08. The van der Waals surface area contributed by atoms with E-state index in [1.165, 1.54) is 11.1 Å². The summed E-state index contributed by atoms with van der Waals surface area (Å²) < 4.78 is 1.92. The van der Waals surface area contributed by atoms with E-state index >= 15 is 0 Å². The SMILES string of the molecule is CCN(Cc1nccn1C)C(=O)c1ccc(NCc2ccccc2C)nc1. The van der Waals surface area contributed by atoms with Crippen molar-refractivity contribution in [3.8, 4) is 0 Å². The summed E-state index contributed by atoms with van der Waals surface area (Å²) in [6, 6.07) is 11.9. The second-order valence-electron chi connectivity index (χ2n) is 6.49. The van der Waals surface area contributed by atoms with Crippen molar-refractivity contribution in [3.05, 3.63) is 77.5 Å². The van der Waals surface area contributed by atoms with Gasteiger partial charge in [-0.15, -0.1) is 0 Å². The van der Waals surface area contributed by atoms with Crippen LogP contribution in [0.3, 0.4) is 0 Å². The van der Waals surface area contributed by atoms with Gasteiger partial charge in [-0.2, -0.15) is 0 Å². The van der Waals surface area contributed by atoms with Gasteiger partial charge in [0.2, 0.25) is 0 Å². The van der Waals surface area contributed by atoms with Crippen molar-refractivity contribution in [1.29, 1.82) is 0 Å². The number of rotatable bonds is 7. The van der Waals surface area contributed by atoms with Gasteiger partial charge in [0.15, 0.2) is 0 Å². The maximum absolute atomic E-state index is 12.8. The van der Waals surface area contributed by atoms with Crippen molar-refractivity contribution < 1.29 is 4.79 Å². The van der Waals surface area contributed by atoms with E-state index in [1.807, 2.05) is 49.0 Å². The Morgan fingerprint density at radius 3 is 2.63 bits per heavy atom. The number of amides is 1. The Bertz CT molecular complexity index is 901. The van der Waals surface area contributed by atoms with Crippen LogP contribution in [-0.4, -0.2) is 31.9 Å². The third-order valence-electron chi connectivity index (χ3n) is 4.65. The largest absolute Gasteiger partial charge is 0.366 e. The smallest absolute Gasteiger partial charge is 0.255 e. The van der Waals surface area contributed by atoms with Crippen molar-refractivity contribution >= 4 is 11.7 Å². The zero-order chi connectivity index (χ0) is 19.2. The summed E-state index contributed by atoms with van der Waals surface area (Å²) in [7, 11) is 1.93. The summed E-state index contributed by atoms with van der Waals surface area (Å²) in [6.45, 7) is 5.85. The standard InChI is InChI=1S/C21H25N5O/c1-4-26(15-20-22-11-12-25(20)3)21(27)18-9-10-19(24-14-18)23-13-17-8-6-5-7-16(17)2/h5-12,14H,4,13,15H2,1-3H3,(H,23,24). The number of carbonyl (C=O) groups is 1. The highest BCUT2D eigenvalue weighted by atomic mass is 16.2. The molecule has 0 spiro atoms. The summed E-state index contributed by atoms with van der Waals surface area (Å²) in [5, 5.41) is 3.31. The van der Waals surface area contributed by atoms with Crippen LogP contribution in [0.1, 0.15) is 34.2 Å². The zero-order valence-corrected chi connectivity index (χ0v) is 16.0. The summed E-state index contributed by atoms with van der Waals surface area (Å²) in [5.74, 6) is 1.56. The quantitative estimate of drug-likeness (QED) is 0.699. The van der Waals surface area contributed by atoms with E-state index in [9.17, 15) is 4.79 Å². The molecular weight excluding hydrogens is 338 g/mol. The summed E-state index contributed by atoms with van der Waals surface area (Å²) in [4.78, 5) is 23.2. The molecule has 0 saturated carbocycles. The molecular formula is C21H25N5O. The fraction of sp³-hybridized carbons (Fsp3) is 0.286. The number of nitrogens with zero attached hydrogens (tertiary/aromatic N) is 4. The summed E-state index contributed by atoms with van der Waals surface area (Å²) in [5.41, 5.74) is 3.05. The second-order valence-corrected chi connectivity index (χ2v) is 6.49. The molecule has 0 saturated heterocycles. The van der Waals surface area contributed by atoms with Crippen molar-refractivity contribution in [1.82, 2.24) is 19.4 Å². The Morgan fingerprint density at radius 1 is 1.19 bits per heavy atom. The van der Waals surface area contributed by atoms with Crippen LogP contribution >= 0.6 is 0 Å². The van der Waals surface area contributed by atoms with Gasteiger partial charge in [-0.3, -0.25) is 4.79 Å². The van der Waals surface area contributed by atoms with Crippen LogP contribution < -0.4 is 5.32 Å². The number of hydrogen-bond donors (Lipinski definition) is 1. The van der Waals surface area contributed by atoms with Crippen molar-refractivity contribution in [3.63, 3.8) is 0 Å². The predicted octanol–water partition coefficient (Wildman–Crippen LogP) is 3.40. The molecule has 1 amide bonds. The second kappa shape index (κ2) is 8.49. The Kier molecular flexibility index (Phi) is 5.86. The molecule has 27 heavy (non-hydrogen) atoms. The first-order chi connectivity index (χ1) is 13.1. The first kappa shape index (κ1) is 18.6. The molecule has 0 aliphatic heterocycles. The molecule has 6 heteroatoms. The molecule has 140 valence electrons. The number of anilines is 1. The van der Waals surface area contributed by atoms with Gasteiger partial charge in [-0.05, 0) is 37.1 Å². The molecule has 2 aromatic heterocycles. The van der Waals surface area contributed by atoms with Gasteiger partial charge in [0, 0.05) is 38.7 Å². The maximum Gasteiger partial charge on any atom is 0.255 e. The zero-order valence-electron chi connectivity index (χ0n) is 16.0. The number of benzene rings is 1. The van der Waals surface area contributed by atoms with Crippen LogP contribution in [0.15, 0.2) is 55.0 Å². The number of nitrogens with one attached hydrogen (secondary N) is 1. The molecule has 1 N–H and O–H groups in total. The third-order valence-corrected chi connectivity index (χ3v) is 4.65. The average molecular weight is 363 g/mol. The summed E-state index contributed by atoms with van der Waals surface area (Å²) >= 11 is 0. The van der Waals surface area contributed by atoms with Gasteiger partial charge in [0.25, 0.3) is 5.91 Å². The number of aromatic nitrogens is 3. The van der Waals surface area contributed by atoms with Crippen molar-refractivity contribution in [2.45, 2.75) is 26.9 Å². The lowest BCUT2D eigenvalue weighted by atomic mass is 10.1. The molecule has 3 rings (SSSR count). The van der Waals surface area contributed by atoms with Gasteiger partial charge in [0.1, 0.15) is 11.6 Å². The Morgan fingerprint density at radius 2 is 2.00 bits per heavy atom. The summed E-state index contributed by atoms with van der Waals surface area (Å²) in [6.07, 6.45) is 5.25. The van der Waals surface area contributed by atoms with Crippen LogP contribution in [0.4, 0.5) is 5.82 Å². The molecule has 0 atom stereocenters. The van der Waals surface area contributed by atoms with E-state index in [-0.39, 0.29) is 5.91 Å². The molecule has 0 aliphatic rings. The lowest BCUT2D eigenvalue weighted by Gasteiger charge is -2.20. The number of aryl methyl sites for hydroxylation is 2. The highest BCUT2D eigenvalue weighted by Crippen LogP contribution is 2.13. The van der Waals surface area contributed by atoms with E-state index in [1.54, 1.807) is 17.3 Å².